The topological polar surface area (TPSA) is 85.3 Å². The number of nitrogens with zero attached hydrogens (tertiary/aromatic N) is 1. The van der Waals surface area contributed by atoms with Crippen LogP contribution in [0.5, 0.6) is 17.2 Å². The molecule has 0 fully saturated rings. The second-order valence-corrected chi connectivity index (χ2v) is 6.84. The van der Waals surface area contributed by atoms with Gasteiger partial charge in [-0.1, -0.05) is 25.1 Å². The van der Waals surface area contributed by atoms with Crippen molar-refractivity contribution < 1.29 is 28.9 Å². The number of hydrogen-bond acceptors (Lipinski definition) is 6. The number of carbonyl (C=O) groups is 2. The number of methoxy groups -OCH3 is 3. The summed E-state index contributed by atoms with van der Waals surface area (Å²) >= 11 is 0. The van der Waals surface area contributed by atoms with Crippen molar-refractivity contribution in [1.82, 2.24) is 4.90 Å². The monoisotopic (exact) mass is 411 g/mol. The molecule has 0 spiro atoms. The molecular formula is C23H25NO6. The van der Waals surface area contributed by atoms with Gasteiger partial charge in [-0.15, -0.1) is 0 Å². The normalized spacial score (nSPS) is 16.1. The van der Waals surface area contributed by atoms with Crippen LogP contribution in [0.2, 0.25) is 0 Å². The largest absolute Gasteiger partial charge is 0.503 e. The number of Topliss-reactive ketones (excluding diaryl/α,β-unsaturated/α-hetero) is 1. The molecule has 7 nitrogen and oxygen atoms in total. The SMILES string of the molecule is CCC(=O)C1=C(O)C(=O)N(Cc2ccc(OC)c(OC)c2)C1c1ccc(OC)cc1. The molecule has 1 aliphatic rings. The summed E-state index contributed by atoms with van der Waals surface area (Å²) in [6, 6.07) is 11.8. The van der Waals surface area contributed by atoms with Gasteiger partial charge >= 0.3 is 0 Å². The molecular weight excluding hydrogens is 386 g/mol. The van der Waals surface area contributed by atoms with Gasteiger partial charge in [0.2, 0.25) is 0 Å². The Kier molecular flexibility index (Phi) is 6.30. The summed E-state index contributed by atoms with van der Waals surface area (Å²) in [4.78, 5) is 27.0. The van der Waals surface area contributed by atoms with Crippen molar-refractivity contribution in [3.8, 4) is 17.2 Å². The molecule has 1 amide bonds. The third kappa shape index (κ3) is 3.83. The number of benzene rings is 2. The van der Waals surface area contributed by atoms with Crippen LogP contribution in [0.3, 0.4) is 0 Å². The van der Waals surface area contributed by atoms with Crippen molar-refractivity contribution in [2.45, 2.75) is 25.9 Å². The third-order valence-electron chi connectivity index (χ3n) is 5.16. The first-order chi connectivity index (χ1) is 14.4. The highest BCUT2D eigenvalue weighted by Crippen LogP contribution is 2.40. The molecule has 2 aromatic carbocycles. The molecule has 1 unspecified atom stereocenters. The number of amides is 1. The van der Waals surface area contributed by atoms with Crippen LogP contribution < -0.4 is 14.2 Å². The molecule has 0 saturated heterocycles. The lowest BCUT2D eigenvalue weighted by Crippen LogP contribution is -2.30. The molecule has 0 radical (unpaired) electrons. The lowest BCUT2D eigenvalue weighted by Gasteiger charge is -2.27. The number of aliphatic hydroxyl groups excluding tert-OH is 1. The molecule has 1 N–H and O–H groups in total. The zero-order chi connectivity index (χ0) is 21.8. The third-order valence-corrected chi connectivity index (χ3v) is 5.16. The number of aliphatic hydroxyl groups is 1. The van der Waals surface area contributed by atoms with E-state index >= 15 is 0 Å². The van der Waals surface area contributed by atoms with Gasteiger partial charge < -0.3 is 24.2 Å². The van der Waals surface area contributed by atoms with E-state index in [9.17, 15) is 14.7 Å². The molecule has 2 aromatic rings. The Bertz CT molecular complexity index is 980. The van der Waals surface area contributed by atoms with Gasteiger partial charge in [-0.3, -0.25) is 9.59 Å². The van der Waals surface area contributed by atoms with Gasteiger partial charge in [-0.2, -0.15) is 0 Å². The van der Waals surface area contributed by atoms with Crippen LogP contribution in [0, 0.1) is 0 Å². The molecule has 7 heteroatoms. The predicted molar refractivity (Wildman–Crippen MR) is 111 cm³/mol. The summed E-state index contributed by atoms with van der Waals surface area (Å²) in [6.45, 7) is 1.88. The van der Waals surface area contributed by atoms with Gasteiger partial charge in [-0.25, -0.2) is 0 Å². The summed E-state index contributed by atoms with van der Waals surface area (Å²) in [5.41, 5.74) is 1.61. The highest BCUT2D eigenvalue weighted by molar-refractivity contribution is 6.08. The lowest BCUT2D eigenvalue weighted by atomic mass is 9.95. The zero-order valence-corrected chi connectivity index (χ0v) is 17.5. The first-order valence-corrected chi connectivity index (χ1v) is 9.57. The molecule has 0 saturated carbocycles. The van der Waals surface area contributed by atoms with Crippen LogP contribution in [-0.4, -0.2) is 43.0 Å². The van der Waals surface area contributed by atoms with E-state index in [-0.39, 0.29) is 24.3 Å². The summed E-state index contributed by atoms with van der Waals surface area (Å²) in [5.74, 6) is 0.418. The molecule has 158 valence electrons. The molecule has 3 rings (SSSR count). The Balaban J connectivity index is 2.03. The zero-order valence-electron chi connectivity index (χ0n) is 17.5. The Morgan fingerprint density at radius 2 is 1.67 bits per heavy atom. The van der Waals surface area contributed by atoms with E-state index in [1.807, 2.05) is 6.07 Å². The second kappa shape index (κ2) is 8.90. The van der Waals surface area contributed by atoms with E-state index in [0.717, 1.165) is 5.56 Å². The van der Waals surface area contributed by atoms with Gasteiger partial charge in [0, 0.05) is 13.0 Å². The first-order valence-electron chi connectivity index (χ1n) is 9.57. The van der Waals surface area contributed by atoms with E-state index in [4.69, 9.17) is 14.2 Å². The van der Waals surface area contributed by atoms with Crippen molar-refractivity contribution in [3.63, 3.8) is 0 Å². The standard InChI is InChI=1S/C23H25NO6/c1-5-17(25)20-21(15-7-9-16(28-2)10-8-15)24(23(27)22(20)26)13-14-6-11-18(29-3)19(12-14)30-4/h6-12,21,26H,5,13H2,1-4H3. The van der Waals surface area contributed by atoms with E-state index < -0.39 is 17.7 Å². The van der Waals surface area contributed by atoms with E-state index in [1.165, 1.54) is 12.0 Å². The summed E-state index contributed by atoms with van der Waals surface area (Å²) < 4.78 is 15.8. The fourth-order valence-electron chi connectivity index (χ4n) is 3.60. The smallest absolute Gasteiger partial charge is 0.290 e. The number of rotatable bonds is 8. The van der Waals surface area contributed by atoms with E-state index in [1.54, 1.807) is 57.5 Å². The maximum Gasteiger partial charge on any atom is 0.290 e. The van der Waals surface area contributed by atoms with Crippen LogP contribution >= 0.6 is 0 Å². The Labute approximate surface area is 175 Å². The van der Waals surface area contributed by atoms with Crippen LogP contribution in [0.1, 0.15) is 30.5 Å². The van der Waals surface area contributed by atoms with Crippen molar-refractivity contribution in [3.05, 3.63) is 64.9 Å². The fourth-order valence-corrected chi connectivity index (χ4v) is 3.60. The van der Waals surface area contributed by atoms with E-state index in [0.29, 0.717) is 22.8 Å². The van der Waals surface area contributed by atoms with Crippen molar-refractivity contribution in [1.29, 1.82) is 0 Å². The van der Waals surface area contributed by atoms with Gasteiger partial charge in [-0.05, 0) is 35.4 Å². The summed E-state index contributed by atoms with van der Waals surface area (Å²) in [7, 11) is 4.65. The van der Waals surface area contributed by atoms with Crippen LogP contribution in [0.4, 0.5) is 0 Å². The summed E-state index contributed by atoms with van der Waals surface area (Å²) in [6.07, 6.45) is 0.184. The number of ether oxygens (including phenoxy) is 3. The number of ketones is 1. The molecule has 1 atom stereocenters. The Hall–Kier alpha value is -3.48. The maximum absolute atomic E-state index is 12.9. The predicted octanol–water partition coefficient (Wildman–Crippen LogP) is 3.59. The maximum atomic E-state index is 12.9. The van der Waals surface area contributed by atoms with Crippen LogP contribution in [0.15, 0.2) is 53.8 Å². The summed E-state index contributed by atoms with van der Waals surface area (Å²) in [5, 5.41) is 10.5. The van der Waals surface area contributed by atoms with Crippen molar-refractivity contribution in [2.24, 2.45) is 0 Å². The molecule has 1 aliphatic heterocycles. The second-order valence-electron chi connectivity index (χ2n) is 6.84. The van der Waals surface area contributed by atoms with Crippen molar-refractivity contribution in [2.75, 3.05) is 21.3 Å². The van der Waals surface area contributed by atoms with Gasteiger partial charge in [0.05, 0.1) is 32.9 Å². The minimum absolute atomic E-state index is 0.119. The van der Waals surface area contributed by atoms with Crippen LogP contribution in [0.25, 0.3) is 0 Å². The van der Waals surface area contributed by atoms with Gasteiger partial charge in [0.25, 0.3) is 5.91 Å². The fraction of sp³-hybridized carbons (Fsp3) is 0.304. The molecule has 0 aliphatic carbocycles. The minimum Gasteiger partial charge on any atom is -0.503 e. The lowest BCUT2D eigenvalue weighted by molar-refractivity contribution is -0.130. The number of carbonyl (C=O) groups excluding carboxylic acids is 2. The minimum atomic E-state index is -0.691. The molecule has 1 heterocycles. The molecule has 0 bridgehead atoms. The van der Waals surface area contributed by atoms with E-state index in [2.05, 4.69) is 0 Å². The Morgan fingerprint density at radius 1 is 1.00 bits per heavy atom. The number of hydrogen-bond donors (Lipinski definition) is 1. The Morgan fingerprint density at radius 3 is 2.23 bits per heavy atom. The van der Waals surface area contributed by atoms with Crippen molar-refractivity contribution >= 4 is 11.7 Å². The average Bonchev–Trinajstić information content (AvgIpc) is 3.03. The quantitative estimate of drug-likeness (QED) is 0.715. The van der Waals surface area contributed by atoms with Crippen LogP contribution in [-0.2, 0) is 16.1 Å². The highest BCUT2D eigenvalue weighted by atomic mass is 16.5. The highest BCUT2D eigenvalue weighted by Gasteiger charge is 2.42. The molecule has 0 aromatic heterocycles. The molecule has 30 heavy (non-hydrogen) atoms. The average molecular weight is 411 g/mol. The van der Waals surface area contributed by atoms with Gasteiger partial charge in [0.15, 0.2) is 23.0 Å². The van der Waals surface area contributed by atoms with Gasteiger partial charge in [0.1, 0.15) is 5.75 Å². The first kappa shape index (κ1) is 21.2.